The van der Waals surface area contributed by atoms with Crippen LogP contribution < -0.4 is 10.1 Å². The molecule has 2 aromatic rings. The molecule has 0 bridgehead atoms. The number of carbonyl (C=O) groups excluding carboxylic acids is 1. The van der Waals surface area contributed by atoms with Crippen LogP contribution in [0, 0.1) is 0 Å². The van der Waals surface area contributed by atoms with E-state index in [0.717, 1.165) is 21.8 Å². The van der Waals surface area contributed by atoms with E-state index in [2.05, 4.69) is 11.9 Å². The van der Waals surface area contributed by atoms with E-state index < -0.39 is 0 Å². The van der Waals surface area contributed by atoms with Gasteiger partial charge in [0, 0.05) is 22.5 Å². The van der Waals surface area contributed by atoms with E-state index in [1.54, 1.807) is 6.08 Å². The molecular formula is C15H13NO2S. The summed E-state index contributed by atoms with van der Waals surface area (Å²) in [5.74, 6) is 0.826. The predicted octanol–water partition coefficient (Wildman–Crippen LogP) is 3.22. The van der Waals surface area contributed by atoms with Crippen molar-refractivity contribution in [3.8, 4) is 16.2 Å². The fourth-order valence-corrected chi connectivity index (χ4v) is 3.18. The monoisotopic (exact) mass is 271 g/mol. The summed E-state index contributed by atoms with van der Waals surface area (Å²) in [6.45, 7) is 4.60. The van der Waals surface area contributed by atoms with E-state index in [-0.39, 0.29) is 5.91 Å². The van der Waals surface area contributed by atoms with Crippen LogP contribution in [0.2, 0.25) is 0 Å². The molecule has 0 saturated heterocycles. The summed E-state index contributed by atoms with van der Waals surface area (Å²) in [4.78, 5) is 13.8. The normalized spacial score (nSPS) is 12.0. The van der Waals surface area contributed by atoms with Crippen molar-refractivity contribution in [2.75, 3.05) is 6.54 Å². The molecule has 0 spiro atoms. The average Bonchev–Trinajstić information content (AvgIpc) is 2.89. The van der Waals surface area contributed by atoms with Crippen molar-refractivity contribution in [3.63, 3.8) is 0 Å². The van der Waals surface area contributed by atoms with Gasteiger partial charge < -0.3 is 10.1 Å². The molecule has 0 unspecified atom stereocenters. The largest absolute Gasteiger partial charge is 0.488 e. The molecule has 3 nitrogen and oxygen atoms in total. The number of fused-ring (bicyclic) bond motifs is 3. The number of thiophene rings is 1. The summed E-state index contributed by atoms with van der Waals surface area (Å²) in [5, 5.41) is 2.79. The number of benzene rings is 1. The Hall–Kier alpha value is -2.07. The van der Waals surface area contributed by atoms with Gasteiger partial charge in [0.05, 0.1) is 4.88 Å². The fourth-order valence-electron chi connectivity index (χ4n) is 2.06. The van der Waals surface area contributed by atoms with Gasteiger partial charge in [-0.3, -0.25) is 4.79 Å². The first-order chi connectivity index (χ1) is 9.29. The van der Waals surface area contributed by atoms with Crippen LogP contribution >= 0.6 is 11.3 Å². The van der Waals surface area contributed by atoms with E-state index in [1.807, 2.05) is 30.3 Å². The molecule has 2 heterocycles. The molecule has 1 aromatic carbocycles. The Morgan fingerprint density at radius 3 is 3.16 bits per heavy atom. The molecule has 19 heavy (non-hydrogen) atoms. The zero-order chi connectivity index (χ0) is 13.2. The van der Waals surface area contributed by atoms with Gasteiger partial charge in [0.25, 0.3) is 5.91 Å². The minimum Gasteiger partial charge on any atom is -0.488 e. The molecule has 1 N–H and O–H groups in total. The number of carbonyl (C=O) groups is 1. The van der Waals surface area contributed by atoms with Crippen molar-refractivity contribution in [1.29, 1.82) is 0 Å². The lowest BCUT2D eigenvalue weighted by molar-refractivity contribution is 0.0962. The Kier molecular flexibility index (Phi) is 3.09. The van der Waals surface area contributed by atoms with Gasteiger partial charge in [-0.15, -0.1) is 17.9 Å². The van der Waals surface area contributed by atoms with Crippen LogP contribution in [0.5, 0.6) is 5.75 Å². The maximum absolute atomic E-state index is 11.9. The van der Waals surface area contributed by atoms with E-state index in [1.165, 1.54) is 11.3 Å². The Morgan fingerprint density at radius 1 is 1.47 bits per heavy atom. The topological polar surface area (TPSA) is 38.3 Å². The second kappa shape index (κ2) is 4.90. The molecule has 0 radical (unpaired) electrons. The van der Waals surface area contributed by atoms with Crippen molar-refractivity contribution >= 4 is 17.2 Å². The van der Waals surface area contributed by atoms with Crippen LogP contribution in [0.1, 0.15) is 15.2 Å². The summed E-state index contributed by atoms with van der Waals surface area (Å²) >= 11 is 1.51. The highest BCUT2D eigenvalue weighted by Crippen LogP contribution is 2.42. The van der Waals surface area contributed by atoms with Crippen LogP contribution in [0.4, 0.5) is 0 Å². The van der Waals surface area contributed by atoms with Gasteiger partial charge in [0.2, 0.25) is 0 Å². The highest BCUT2D eigenvalue weighted by molar-refractivity contribution is 7.17. The number of nitrogens with one attached hydrogen (secondary N) is 1. The van der Waals surface area contributed by atoms with Crippen molar-refractivity contribution < 1.29 is 9.53 Å². The van der Waals surface area contributed by atoms with Gasteiger partial charge in [-0.2, -0.15) is 0 Å². The van der Waals surface area contributed by atoms with Gasteiger partial charge in [0.1, 0.15) is 12.4 Å². The Bertz CT molecular complexity index is 645. The van der Waals surface area contributed by atoms with Crippen LogP contribution in [-0.2, 0) is 6.61 Å². The predicted molar refractivity (Wildman–Crippen MR) is 76.6 cm³/mol. The summed E-state index contributed by atoms with van der Waals surface area (Å²) in [7, 11) is 0. The molecule has 4 heteroatoms. The number of rotatable bonds is 3. The molecule has 1 aliphatic rings. The molecule has 0 atom stereocenters. The number of hydrogen-bond donors (Lipinski definition) is 1. The van der Waals surface area contributed by atoms with Gasteiger partial charge in [-0.05, 0) is 18.2 Å². The molecule has 0 fully saturated rings. The van der Waals surface area contributed by atoms with Gasteiger partial charge in [-0.1, -0.05) is 18.2 Å². The second-order valence-corrected chi connectivity index (χ2v) is 5.30. The Balaban J connectivity index is 1.96. The SMILES string of the molecule is C=CCNC(=O)c1cc2c(s1)-c1ccccc1OC2. The molecule has 1 amide bonds. The maximum atomic E-state index is 11.9. The molecule has 3 rings (SSSR count). The van der Waals surface area contributed by atoms with Crippen LogP contribution in [0.3, 0.4) is 0 Å². The minimum atomic E-state index is -0.0585. The lowest BCUT2D eigenvalue weighted by Gasteiger charge is -2.16. The van der Waals surface area contributed by atoms with Gasteiger partial charge in [-0.25, -0.2) is 0 Å². The third-order valence-corrected chi connectivity index (χ3v) is 4.16. The third kappa shape index (κ3) is 2.15. The van der Waals surface area contributed by atoms with E-state index in [0.29, 0.717) is 18.0 Å². The number of para-hydroxylation sites is 1. The van der Waals surface area contributed by atoms with E-state index in [9.17, 15) is 4.79 Å². The van der Waals surface area contributed by atoms with E-state index >= 15 is 0 Å². The number of amides is 1. The third-order valence-electron chi connectivity index (χ3n) is 2.95. The van der Waals surface area contributed by atoms with Crippen LogP contribution in [0.25, 0.3) is 10.4 Å². The molecule has 0 aliphatic carbocycles. The van der Waals surface area contributed by atoms with Crippen molar-refractivity contribution in [1.82, 2.24) is 5.32 Å². The minimum absolute atomic E-state index is 0.0585. The maximum Gasteiger partial charge on any atom is 0.261 e. The summed E-state index contributed by atoms with van der Waals surface area (Å²) in [6, 6.07) is 9.82. The molecule has 1 aromatic heterocycles. The first-order valence-electron chi connectivity index (χ1n) is 6.03. The van der Waals surface area contributed by atoms with Crippen molar-refractivity contribution in [3.05, 3.63) is 53.4 Å². The fraction of sp³-hybridized carbons (Fsp3) is 0.133. The smallest absolute Gasteiger partial charge is 0.261 e. The van der Waals surface area contributed by atoms with Gasteiger partial charge in [0.15, 0.2) is 0 Å². The average molecular weight is 271 g/mol. The zero-order valence-corrected chi connectivity index (χ0v) is 11.1. The Labute approximate surface area is 115 Å². The van der Waals surface area contributed by atoms with Crippen LogP contribution in [0.15, 0.2) is 43.0 Å². The molecule has 0 saturated carbocycles. The quantitative estimate of drug-likeness (QED) is 0.870. The molecule has 1 aliphatic heterocycles. The first-order valence-corrected chi connectivity index (χ1v) is 6.85. The van der Waals surface area contributed by atoms with Gasteiger partial charge >= 0.3 is 0 Å². The highest BCUT2D eigenvalue weighted by Gasteiger charge is 2.21. The van der Waals surface area contributed by atoms with Crippen molar-refractivity contribution in [2.45, 2.75) is 6.61 Å². The number of ether oxygens (including phenoxy) is 1. The summed E-state index contributed by atoms with van der Waals surface area (Å²) < 4.78 is 5.68. The lowest BCUT2D eigenvalue weighted by atomic mass is 10.1. The number of hydrogen-bond acceptors (Lipinski definition) is 3. The first kappa shape index (κ1) is 12.0. The standard InChI is InChI=1S/C15H13NO2S/c1-2-7-16-15(17)13-8-10-9-18-12-6-4-3-5-11(12)14(10)19-13/h2-6,8H,1,7,9H2,(H,16,17). The van der Waals surface area contributed by atoms with Crippen molar-refractivity contribution in [2.24, 2.45) is 0 Å². The summed E-state index contributed by atoms with van der Waals surface area (Å²) in [5.41, 5.74) is 2.14. The highest BCUT2D eigenvalue weighted by atomic mass is 32.1. The van der Waals surface area contributed by atoms with E-state index in [4.69, 9.17) is 4.74 Å². The summed E-state index contributed by atoms with van der Waals surface area (Å²) in [6.07, 6.45) is 1.67. The molecular weight excluding hydrogens is 258 g/mol. The Morgan fingerprint density at radius 2 is 2.32 bits per heavy atom. The lowest BCUT2D eigenvalue weighted by Crippen LogP contribution is -2.22. The zero-order valence-electron chi connectivity index (χ0n) is 10.3. The second-order valence-electron chi connectivity index (χ2n) is 4.25. The molecule has 96 valence electrons. The van der Waals surface area contributed by atoms with Crippen LogP contribution in [-0.4, -0.2) is 12.5 Å².